The number of benzene rings is 2. The molecular weight excluding hydrogens is 458 g/mol. The highest BCUT2D eigenvalue weighted by molar-refractivity contribution is 5.83. The smallest absolute Gasteiger partial charge is 0.419 e. The Morgan fingerprint density at radius 2 is 1.74 bits per heavy atom. The molecule has 0 radical (unpaired) electrons. The molecule has 0 saturated carbocycles. The van der Waals surface area contributed by atoms with Gasteiger partial charge in [0.2, 0.25) is 5.75 Å². The van der Waals surface area contributed by atoms with Crippen molar-refractivity contribution in [2.45, 2.75) is 6.18 Å². The number of halogens is 4. The van der Waals surface area contributed by atoms with Crippen molar-refractivity contribution in [1.29, 1.82) is 5.26 Å². The predicted octanol–water partition coefficient (Wildman–Crippen LogP) is 5.13. The van der Waals surface area contributed by atoms with Gasteiger partial charge in [0.05, 0.1) is 26.9 Å². The molecule has 2 aromatic carbocycles. The third-order valence-electron chi connectivity index (χ3n) is 5.05. The molecule has 0 atom stereocenters. The Bertz CT molecular complexity index is 1390. The lowest BCUT2D eigenvalue weighted by Gasteiger charge is -2.15. The highest BCUT2D eigenvalue weighted by Gasteiger charge is 2.34. The van der Waals surface area contributed by atoms with E-state index < -0.39 is 17.6 Å². The maximum absolute atomic E-state index is 13.8. The number of anilines is 2. The van der Waals surface area contributed by atoms with Gasteiger partial charge in [0.15, 0.2) is 23.0 Å². The number of aromatic nitrogens is 3. The van der Waals surface area contributed by atoms with Crippen LogP contribution in [0.5, 0.6) is 17.2 Å². The number of alkyl halides is 3. The molecule has 0 fully saturated rings. The van der Waals surface area contributed by atoms with E-state index in [0.717, 1.165) is 12.1 Å². The number of imidazole rings is 1. The van der Waals surface area contributed by atoms with E-state index in [1.165, 1.54) is 32.0 Å². The summed E-state index contributed by atoms with van der Waals surface area (Å²) in [5, 5.41) is 15.1. The summed E-state index contributed by atoms with van der Waals surface area (Å²) in [6.45, 7) is 0. The third kappa shape index (κ3) is 3.81. The van der Waals surface area contributed by atoms with Crippen molar-refractivity contribution < 1.29 is 31.8 Å². The summed E-state index contributed by atoms with van der Waals surface area (Å²) < 4.78 is 70.9. The highest BCUT2D eigenvalue weighted by Crippen LogP contribution is 2.43. The minimum atomic E-state index is -4.88. The number of H-pyrrole nitrogens is 1. The van der Waals surface area contributed by atoms with Crippen LogP contribution in [0.2, 0.25) is 0 Å². The van der Waals surface area contributed by atoms with Crippen molar-refractivity contribution in [3.8, 4) is 34.6 Å². The highest BCUT2D eigenvalue weighted by atomic mass is 19.4. The maximum Gasteiger partial charge on any atom is 0.419 e. The van der Waals surface area contributed by atoms with Gasteiger partial charge in [0.25, 0.3) is 0 Å². The largest absolute Gasteiger partial charge is 0.493 e. The monoisotopic (exact) mass is 475 g/mol. The molecule has 0 aliphatic rings. The molecule has 0 unspecified atom stereocenters. The first-order valence-electron chi connectivity index (χ1n) is 9.65. The van der Waals surface area contributed by atoms with Crippen molar-refractivity contribution >= 4 is 17.2 Å². The van der Waals surface area contributed by atoms with Crippen LogP contribution in [0.15, 0.2) is 36.5 Å². The first kappa shape index (κ1) is 22.8. The van der Waals surface area contributed by atoms with E-state index in [2.05, 4.69) is 15.4 Å². The van der Waals surface area contributed by atoms with Gasteiger partial charge in [-0.05, 0) is 30.3 Å². The molecule has 0 aliphatic heterocycles. The molecule has 2 heterocycles. The molecule has 0 aliphatic carbocycles. The van der Waals surface area contributed by atoms with Crippen LogP contribution in [0.1, 0.15) is 11.1 Å². The fraction of sp³-hybridized carbons (Fsp3) is 0.182. The van der Waals surface area contributed by atoms with E-state index >= 15 is 0 Å². The molecule has 2 aromatic heterocycles. The van der Waals surface area contributed by atoms with Gasteiger partial charge in [0, 0.05) is 17.4 Å². The summed E-state index contributed by atoms with van der Waals surface area (Å²) in [6.07, 6.45) is -3.48. The van der Waals surface area contributed by atoms with Crippen LogP contribution in [0.25, 0.3) is 16.9 Å². The molecule has 0 spiro atoms. The van der Waals surface area contributed by atoms with Gasteiger partial charge in [-0.2, -0.15) is 18.4 Å². The Hall–Kier alpha value is -4.40. The van der Waals surface area contributed by atoms with E-state index in [4.69, 9.17) is 14.2 Å². The van der Waals surface area contributed by atoms with Gasteiger partial charge in [-0.15, -0.1) is 0 Å². The average molecular weight is 475 g/mol. The summed E-state index contributed by atoms with van der Waals surface area (Å²) in [7, 11) is 4.31. The summed E-state index contributed by atoms with van der Waals surface area (Å²) in [4.78, 5) is 4.50. The second kappa shape index (κ2) is 8.51. The Kier molecular flexibility index (Phi) is 5.70. The molecule has 34 heavy (non-hydrogen) atoms. The lowest BCUT2D eigenvalue weighted by atomic mass is 10.1. The second-order valence-electron chi connectivity index (χ2n) is 7.00. The van der Waals surface area contributed by atoms with E-state index in [0.29, 0.717) is 28.9 Å². The lowest BCUT2D eigenvalue weighted by molar-refractivity contribution is -0.139. The zero-order valence-electron chi connectivity index (χ0n) is 18.0. The van der Waals surface area contributed by atoms with E-state index in [-0.39, 0.29) is 28.4 Å². The number of methoxy groups -OCH3 is 3. The van der Waals surface area contributed by atoms with Crippen LogP contribution < -0.4 is 19.5 Å². The van der Waals surface area contributed by atoms with Crippen LogP contribution in [0, 0.1) is 17.1 Å². The van der Waals surface area contributed by atoms with Crippen molar-refractivity contribution in [2.24, 2.45) is 0 Å². The second-order valence-corrected chi connectivity index (χ2v) is 7.00. The lowest BCUT2D eigenvalue weighted by Crippen LogP contribution is -2.09. The van der Waals surface area contributed by atoms with Crippen LogP contribution >= 0.6 is 0 Å². The third-order valence-corrected chi connectivity index (χ3v) is 5.05. The standard InChI is InChI=1S/C22H17F4N5O3/c1-32-16-6-11(7-17(33-2)19(16)34-3)18-21(31-20(30-18)12(9-27)10-28-31)29-13-4-5-15(23)14(8-13)22(24,25)26/h4-8,10,28-29H,1-3H3. The number of hydrogen-bond donors (Lipinski definition) is 2. The molecule has 176 valence electrons. The number of nitrogens with zero attached hydrogens (tertiary/aromatic N) is 3. The van der Waals surface area contributed by atoms with Crippen LogP contribution in [-0.2, 0) is 6.18 Å². The zero-order chi connectivity index (χ0) is 24.6. The molecule has 4 rings (SSSR count). The summed E-state index contributed by atoms with van der Waals surface area (Å²) in [5.41, 5.74) is -0.311. The number of aromatic amines is 1. The quantitative estimate of drug-likeness (QED) is 0.376. The number of ether oxygens (including phenoxy) is 3. The van der Waals surface area contributed by atoms with Crippen LogP contribution in [0.4, 0.5) is 29.1 Å². The van der Waals surface area contributed by atoms with Crippen LogP contribution in [0.3, 0.4) is 0 Å². The summed E-state index contributed by atoms with van der Waals surface area (Å²) in [6, 6.07) is 7.74. The summed E-state index contributed by atoms with van der Waals surface area (Å²) >= 11 is 0. The van der Waals surface area contributed by atoms with Gasteiger partial charge in [0.1, 0.15) is 23.1 Å². The number of fused-ring (bicyclic) bond motifs is 1. The number of rotatable bonds is 6. The van der Waals surface area contributed by atoms with Crippen molar-refractivity contribution in [2.75, 3.05) is 26.6 Å². The van der Waals surface area contributed by atoms with E-state index in [1.807, 2.05) is 6.07 Å². The van der Waals surface area contributed by atoms with Gasteiger partial charge in [-0.3, -0.25) is 5.10 Å². The molecule has 12 heteroatoms. The topological polar surface area (TPSA) is 96.6 Å². The van der Waals surface area contributed by atoms with Gasteiger partial charge in [-0.25, -0.2) is 13.9 Å². The molecule has 2 N–H and O–H groups in total. The minimum absolute atomic E-state index is 0.0441. The molecule has 0 amide bonds. The summed E-state index contributed by atoms with van der Waals surface area (Å²) in [5.74, 6) is -0.222. The SMILES string of the molecule is COc1cc(-c2nc3c(C#N)c[nH]n3c2Nc2ccc(F)c(C(F)(F)F)c2)cc(OC)c1OC. The van der Waals surface area contributed by atoms with Gasteiger partial charge < -0.3 is 19.5 Å². The fourth-order valence-electron chi connectivity index (χ4n) is 3.49. The molecule has 0 saturated heterocycles. The normalized spacial score (nSPS) is 11.4. The minimum Gasteiger partial charge on any atom is -0.493 e. The van der Waals surface area contributed by atoms with Crippen molar-refractivity contribution in [1.82, 2.24) is 14.6 Å². The zero-order valence-corrected chi connectivity index (χ0v) is 18.0. The molecule has 0 bridgehead atoms. The van der Waals surface area contributed by atoms with Gasteiger partial charge >= 0.3 is 6.18 Å². The average Bonchev–Trinajstić information content (AvgIpc) is 3.38. The predicted molar refractivity (Wildman–Crippen MR) is 114 cm³/mol. The Labute approximate surface area is 190 Å². The maximum atomic E-state index is 13.8. The Balaban J connectivity index is 1.93. The Morgan fingerprint density at radius 3 is 2.29 bits per heavy atom. The first-order valence-corrected chi connectivity index (χ1v) is 9.65. The number of hydrogen-bond acceptors (Lipinski definition) is 6. The number of nitriles is 1. The van der Waals surface area contributed by atoms with Crippen molar-refractivity contribution in [3.63, 3.8) is 0 Å². The number of nitrogens with one attached hydrogen (secondary N) is 2. The molecule has 8 nitrogen and oxygen atoms in total. The van der Waals surface area contributed by atoms with Gasteiger partial charge in [-0.1, -0.05) is 0 Å². The molecule has 4 aromatic rings. The van der Waals surface area contributed by atoms with E-state index in [9.17, 15) is 22.8 Å². The fourth-order valence-corrected chi connectivity index (χ4v) is 3.49. The van der Waals surface area contributed by atoms with Crippen molar-refractivity contribution in [3.05, 3.63) is 53.5 Å². The Morgan fingerprint density at radius 1 is 1.06 bits per heavy atom. The first-order chi connectivity index (χ1) is 16.2. The van der Waals surface area contributed by atoms with Crippen LogP contribution in [-0.4, -0.2) is 35.9 Å². The van der Waals surface area contributed by atoms with E-state index in [1.54, 1.807) is 12.1 Å². The molecular formula is C22H17F4N5O3.